The number of aromatic nitrogens is 2. The number of hydrogen-bond donors (Lipinski definition) is 2. The van der Waals surface area contributed by atoms with Crippen LogP contribution in [0.3, 0.4) is 0 Å². The number of nitrogens with one attached hydrogen (secondary N) is 1. The summed E-state index contributed by atoms with van der Waals surface area (Å²) in [5.74, 6) is 6.75. The monoisotopic (exact) mass is 270 g/mol. The van der Waals surface area contributed by atoms with E-state index in [1.165, 1.54) is 0 Å². The number of halogens is 1. The van der Waals surface area contributed by atoms with Gasteiger partial charge in [-0.25, -0.2) is 15.8 Å². The van der Waals surface area contributed by atoms with Gasteiger partial charge in [-0.1, -0.05) is 23.7 Å². The van der Waals surface area contributed by atoms with Crippen LogP contribution in [0, 0.1) is 0 Å². The molecule has 0 unspecified atom stereocenters. The van der Waals surface area contributed by atoms with E-state index in [-0.39, 0.29) is 0 Å². The Hall–Kier alpha value is -2.17. The van der Waals surface area contributed by atoms with Crippen molar-refractivity contribution in [3.63, 3.8) is 0 Å². The second-order valence-electron chi connectivity index (χ2n) is 4.06. The third kappa shape index (κ3) is 2.23. The van der Waals surface area contributed by atoms with Crippen molar-refractivity contribution in [2.45, 2.75) is 0 Å². The van der Waals surface area contributed by atoms with Gasteiger partial charge in [0.1, 0.15) is 0 Å². The van der Waals surface area contributed by atoms with E-state index in [4.69, 9.17) is 17.4 Å². The number of nitrogens with zero attached hydrogens (tertiary/aromatic N) is 2. The Morgan fingerprint density at radius 3 is 2.42 bits per heavy atom. The Balaban J connectivity index is 2.22. The van der Waals surface area contributed by atoms with Crippen LogP contribution in [0.15, 0.2) is 48.5 Å². The average molecular weight is 271 g/mol. The van der Waals surface area contributed by atoms with Crippen molar-refractivity contribution in [3.05, 3.63) is 53.6 Å². The molecule has 2 aromatic carbocycles. The molecule has 5 heteroatoms. The van der Waals surface area contributed by atoms with Crippen LogP contribution in [0.25, 0.3) is 22.3 Å². The summed E-state index contributed by atoms with van der Waals surface area (Å²) in [5, 5.41) is 1.57. The minimum Gasteiger partial charge on any atom is -0.308 e. The van der Waals surface area contributed by atoms with Crippen LogP contribution < -0.4 is 11.3 Å². The van der Waals surface area contributed by atoms with E-state index in [9.17, 15) is 0 Å². The molecule has 3 rings (SSSR count). The van der Waals surface area contributed by atoms with Crippen molar-refractivity contribution in [3.8, 4) is 11.4 Å². The summed E-state index contributed by atoms with van der Waals surface area (Å²) in [6.45, 7) is 0. The molecule has 0 aliphatic heterocycles. The molecule has 0 atom stereocenters. The molecule has 0 bridgehead atoms. The van der Waals surface area contributed by atoms with Gasteiger partial charge in [-0.05, 0) is 36.4 Å². The van der Waals surface area contributed by atoms with Gasteiger partial charge < -0.3 is 5.43 Å². The molecule has 1 aromatic heterocycles. The van der Waals surface area contributed by atoms with Gasteiger partial charge >= 0.3 is 0 Å². The lowest BCUT2D eigenvalue weighted by molar-refractivity contribution is 1.19. The summed E-state index contributed by atoms with van der Waals surface area (Å²) in [6.07, 6.45) is 0. The number of fused-ring (bicyclic) bond motifs is 1. The highest BCUT2D eigenvalue weighted by Crippen LogP contribution is 2.24. The number of anilines is 1. The Labute approximate surface area is 115 Å². The minimum atomic E-state index is 0.607. The maximum absolute atomic E-state index is 5.88. The van der Waals surface area contributed by atoms with Gasteiger partial charge in [0.05, 0.1) is 5.52 Å². The molecule has 0 radical (unpaired) electrons. The topological polar surface area (TPSA) is 63.8 Å². The summed E-state index contributed by atoms with van der Waals surface area (Å²) in [6, 6.07) is 15.1. The van der Waals surface area contributed by atoms with Crippen LogP contribution in [0.1, 0.15) is 0 Å². The summed E-state index contributed by atoms with van der Waals surface area (Å²) < 4.78 is 0. The summed E-state index contributed by atoms with van der Waals surface area (Å²) >= 11 is 5.88. The Morgan fingerprint density at radius 2 is 1.68 bits per heavy atom. The van der Waals surface area contributed by atoms with Crippen LogP contribution in [0.4, 0.5) is 5.82 Å². The number of para-hydroxylation sites is 1. The number of benzene rings is 2. The number of nitrogens with two attached hydrogens (primary N) is 1. The molecule has 0 spiro atoms. The fourth-order valence-corrected chi connectivity index (χ4v) is 2.04. The molecule has 94 valence electrons. The summed E-state index contributed by atoms with van der Waals surface area (Å²) in [7, 11) is 0. The lowest BCUT2D eigenvalue weighted by Crippen LogP contribution is -2.10. The van der Waals surface area contributed by atoms with Gasteiger partial charge in [-0.2, -0.15) is 0 Å². The molecule has 19 heavy (non-hydrogen) atoms. The van der Waals surface area contributed by atoms with Gasteiger partial charge in [-0.15, -0.1) is 0 Å². The third-order valence-electron chi connectivity index (χ3n) is 2.84. The van der Waals surface area contributed by atoms with E-state index in [2.05, 4.69) is 15.4 Å². The maximum atomic E-state index is 5.88. The summed E-state index contributed by atoms with van der Waals surface area (Å²) in [5.41, 5.74) is 4.35. The molecule has 0 aliphatic carbocycles. The molecule has 3 aromatic rings. The first-order valence-corrected chi connectivity index (χ1v) is 6.15. The molecule has 0 aliphatic rings. The van der Waals surface area contributed by atoms with Gasteiger partial charge in [0.2, 0.25) is 0 Å². The molecule has 4 nitrogen and oxygen atoms in total. The van der Waals surface area contributed by atoms with E-state index in [0.29, 0.717) is 16.7 Å². The predicted molar refractivity (Wildman–Crippen MR) is 77.8 cm³/mol. The molecule has 0 fully saturated rings. The second-order valence-corrected chi connectivity index (χ2v) is 4.50. The van der Waals surface area contributed by atoms with Gasteiger partial charge in [0.25, 0.3) is 0 Å². The smallest absolute Gasteiger partial charge is 0.162 e. The van der Waals surface area contributed by atoms with Crippen LogP contribution in [0.2, 0.25) is 5.02 Å². The molecule has 3 N–H and O–H groups in total. The fourth-order valence-electron chi connectivity index (χ4n) is 1.91. The van der Waals surface area contributed by atoms with Gasteiger partial charge in [0.15, 0.2) is 11.6 Å². The van der Waals surface area contributed by atoms with Gasteiger partial charge in [0, 0.05) is 16.0 Å². The van der Waals surface area contributed by atoms with Crippen molar-refractivity contribution in [1.29, 1.82) is 0 Å². The largest absolute Gasteiger partial charge is 0.308 e. The van der Waals surface area contributed by atoms with Crippen molar-refractivity contribution in [2.75, 3.05) is 5.43 Å². The lowest BCUT2D eigenvalue weighted by atomic mass is 10.2. The molecule has 0 saturated heterocycles. The third-order valence-corrected chi connectivity index (χ3v) is 3.09. The van der Waals surface area contributed by atoms with Crippen molar-refractivity contribution in [1.82, 2.24) is 9.97 Å². The fraction of sp³-hybridized carbons (Fsp3) is 0. The summed E-state index contributed by atoms with van der Waals surface area (Å²) in [4.78, 5) is 8.96. The molecule has 0 amide bonds. The number of hydrogen-bond acceptors (Lipinski definition) is 4. The first kappa shape index (κ1) is 11.9. The molecular weight excluding hydrogens is 260 g/mol. The molecule has 1 heterocycles. The quantitative estimate of drug-likeness (QED) is 0.554. The standard InChI is InChI=1S/C14H11ClN4/c15-10-7-5-9(6-8-10)13-17-12-4-2-1-3-11(12)14(18-13)19-16/h1-8H,16H2,(H,17,18,19). The zero-order chi connectivity index (χ0) is 13.2. The number of nitrogen functional groups attached to an aromatic ring is 1. The van der Waals surface area contributed by atoms with Crippen LogP contribution in [0.5, 0.6) is 0 Å². The van der Waals surface area contributed by atoms with Crippen LogP contribution in [-0.4, -0.2) is 9.97 Å². The van der Waals surface area contributed by atoms with E-state index < -0.39 is 0 Å². The second kappa shape index (κ2) is 4.84. The highest BCUT2D eigenvalue weighted by Gasteiger charge is 2.08. The molecule has 0 saturated carbocycles. The Morgan fingerprint density at radius 1 is 0.947 bits per heavy atom. The zero-order valence-electron chi connectivity index (χ0n) is 9.97. The average Bonchev–Trinajstić information content (AvgIpc) is 2.47. The number of hydrazine groups is 1. The van der Waals surface area contributed by atoms with E-state index in [1.54, 1.807) is 0 Å². The zero-order valence-corrected chi connectivity index (χ0v) is 10.7. The van der Waals surface area contributed by atoms with Crippen molar-refractivity contribution >= 4 is 28.3 Å². The minimum absolute atomic E-state index is 0.607. The molecular formula is C14H11ClN4. The normalized spacial score (nSPS) is 10.6. The van der Waals surface area contributed by atoms with Crippen molar-refractivity contribution in [2.24, 2.45) is 5.84 Å². The van der Waals surface area contributed by atoms with E-state index in [1.807, 2.05) is 48.5 Å². The SMILES string of the molecule is NNc1nc(-c2ccc(Cl)cc2)nc2ccccc12. The first-order chi connectivity index (χ1) is 9.28. The van der Waals surface area contributed by atoms with Gasteiger partial charge in [-0.3, -0.25) is 0 Å². The lowest BCUT2D eigenvalue weighted by Gasteiger charge is -2.07. The Bertz CT molecular complexity index is 725. The van der Waals surface area contributed by atoms with Crippen LogP contribution in [-0.2, 0) is 0 Å². The number of rotatable bonds is 2. The predicted octanol–water partition coefficient (Wildman–Crippen LogP) is 3.24. The maximum Gasteiger partial charge on any atom is 0.162 e. The van der Waals surface area contributed by atoms with Crippen molar-refractivity contribution < 1.29 is 0 Å². The van der Waals surface area contributed by atoms with E-state index in [0.717, 1.165) is 16.5 Å². The first-order valence-electron chi connectivity index (χ1n) is 5.77. The highest BCUT2D eigenvalue weighted by molar-refractivity contribution is 6.30. The Kier molecular flexibility index (Phi) is 3.03. The van der Waals surface area contributed by atoms with E-state index >= 15 is 0 Å². The van der Waals surface area contributed by atoms with Crippen LogP contribution >= 0.6 is 11.6 Å². The highest BCUT2D eigenvalue weighted by atomic mass is 35.5.